The Balaban J connectivity index is 3.08. The highest BCUT2D eigenvalue weighted by atomic mass is 32.2. The summed E-state index contributed by atoms with van der Waals surface area (Å²) in [6.45, 7) is 6.18. The van der Waals surface area contributed by atoms with Crippen LogP contribution in [0.3, 0.4) is 0 Å². The van der Waals surface area contributed by atoms with Crippen LogP contribution >= 0.6 is 11.8 Å². The second-order valence-electron chi connectivity index (χ2n) is 3.38. The molecule has 0 aliphatic heterocycles. The van der Waals surface area contributed by atoms with E-state index in [-0.39, 0.29) is 6.10 Å². The van der Waals surface area contributed by atoms with Gasteiger partial charge in [0.1, 0.15) is 0 Å². The van der Waals surface area contributed by atoms with Crippen molar-refractivity contribution >= 4 is 11.8 Å². The van der Waals surface area contributed by atoms with Crippen LogP contribution in [0, 0.1) is 0 Å². The number of aliphatic hydroxyl groups is 1. The molecule has 0 saturated heterocycles. The van der Waals surface area contributed by atoms with Gasteiger partial charge in [-0.3, -0.25) is 0 Å². The van der Waals surface area contributed by atoms with Crippen LogP contribution in [-0.2, 0) is 0 Å². The summed E-state index contributed by atoms with van der Waals surface area (Å²) in [6.07, 6.45) is 5.13. The van der Waals surface area contributed by atoms with Crippen LogP contribution in [0.5, 0.6) is 0 Å². The molecule has 0 bridgehead atoms. The standard InChI is InChI=1S/C10H22OS/c1-4-5-6-7-8-12-10(3)9(2)11/h9-11H,4-8H2,1-3H3. The summed E-state index contributed by atoms with van der Waals surface area (Å²) in [5, 5.41) is 9.60. The van der Waals surface area contributed by atoms with Gasteiger partial charge in [-0.25, -0.2) is 0 Å². The van der Waals surface area contributed by atoms with Crippen LogP contribution in [0.2, 0.25) is 0 Å². The van der Waals surface area contributed by atoms with Gasteiger partial charge >= 0.3 is 0 Å². The molecule has 0 fully saturated rings. The van der Waals surface area contributed by atoms with E-state index in [9.17, 15) is 5.11 Å². The Morgan fingerprint density at radius 3 is 2.33 bits per heavy atom. The van der Waals surface area contributed by atoms with Crippen molar-refractivity contribution in [1.29, 1.82) is 0 Å². The first kappa shape index (κ1) is 12.3. The van der Waals surface area contributed by atoms with Gasteiger partial charge in [-0.05, 0) is 19.1 Å². The molecule has 2 atom stereocenters. The zero-order valence-electron chi connectivity index (χ0n) is 8.55. The Bertz CT molecular complexity index is 93.8. The summed E-state index contributed by atoms with van der Waals surface area (Å²) < 4.78 is 0. The normalized spacial score (nSPS) is 16.0. The first-order chi connectivity index (χ1) is 5.68. The van der Waals surface area contributed by atoms with E-state index < -0.39 is 0 Å². The number of thioether (sulfide) groups is 1. The lowest BCUT2D eigenvalue weighted by Gasteiger charge is -2.13. The molecule has 0 heterocycles. The zero-order valence-corrected chi connectivity index (χ0v) is 9.36. The van der Waals surface area contributed by atoms with E-state index in [2.05, 4.69) is 13.8 Å². The quantitative estimate of drug-likeness (QED) is 0.623. The largest absolute Gasteiger partial charge is 0.392 e. The van der Waals surface area contributed by atoms with Crippen LogP contribution in [0.15, 0.2) is 0 Å². The van der Waals surface area contributed by atoms with E-state index in [0.717, 1.165) is 0 Å². The van der Waals surface area contributed by atoms with Crippen molar-refractivity contribution in [2.24, 2.45) is 0 Å². The van der Waals surface area contributed by atoms with E-state index in [1.54, 1.807) is 0 Å². The van der Waals surface area contributed by atoms with Gasteiger partial charge < -0.3 is 5.11 Å². The number of hydrogen-bond acceptors (Lipinski definition) is 2. The first-order valence-electron chi connectivity index (χ1n) is 4.98. The topological polar surface area (TPSA) is 20.2 Å². The maximum atomic E-state index is 9.20. The number of rotatable bonds is 7. The van der Waals surface area contributed by atoms with Crippen molar-refractivity contribution in [3.63, 3.8) is 0 Å². The highest BCUT2D eigenvalue weighted by molar-refractivity contribution is 7.99. The van der Waals surface area contributed by atoms with E-state index in [1.807, 2.05) is 18.7 Å². The fourth-order valence-corrected chi connectivity index (χ4v) is 1.96. The Labute approximate surface area is 80.9 Å². The predicted molar refractivity (Wildman–Crippen MR) is 57.7 cm³/mol. The molecule has 0 aromatic rings. The molecule has 1 nitrogen and oxygen atoms in total. The molecule has 0 aliphatic rings. The third-order valence-electron chi connectivity index (χ3n) is 2.06. The molecule has 0 saturated carbocycles. The molecule has 0 aromatic carbocycles. The highest BCUT2D eigenvalue weighted by Crippen LogP contribution is 2.16. The molecule has 0 aliphatic carbocycles. The zero-order chi connectivity index (χ0) is 9.40. The number of hydrogen-bond donors (Lipinski definition) is 1. The Morgan fingerprint density at radius 1 is 1.17 bits per heavy atom. The molecule has 12 heavy (non-hydrogen) atoms. The molecular formula is C10H22OS. The van der Waals surface area contributed by atoms with Crippen molar-refractivity contribution < 1.29 is 5.11 Å². The SMILES string of the molecule is CCCCCCSC(C)C(C)O. The summed E-state index contributed by atoms with van der Waals surface area (Å²) >= 11 is 1.88. The molecule has 74 valence electrons. The third kappa shape index (κ3) is 6.99. The summed E-state index contributed by atoms with van der Waals surface area (Å²) in [5.41, 5.74) is 0. The highest BCUT2D eigenvalue weighted by Gasteiger charge is 2.07. The van der Waals surface area contributed by atoms with Gasteiger partial charge in [0.15, 0.2) is 0 Å². The van der Waals surface area contributed by atoms with Gasteiger partial charge in [0.05, 0.1) is 6.10 Å². The molecule has 0 rings (SSSR count). The van der Waals surface area contributed by atoms with Crippen LogP contribution in [-0.4, -0.2) is 22.2 Å². The second kappa shape index (κ2) is 7.93. The molecule has 0 spiro atoms. The van der Waals surface area contributed by atoms with Gasteiger partial charge in [-0.1, -0.05) is 33.1 Å². The van der Waals surface area contributed by atoms with Crippen LogP contribution in [0.4, 0.5) is 0 Å². The Kier molecular flexibility index (Phi) is 8.14. The van der Waals surface area contributed by atoms with E-state index >= 15 is 0 Å². The molecule has 1 N–H and O–H groups in total. The van der Waals surface area contributed by atoms with Crippen molar-refractivity contribution in [3.8, 4) is 0 Å². The molecule has 2 heteroatoms. The monoisotopic (exact) mass is 190 g/mol. The van der Waals surface area contributed by atoms with Crippen LogP contribution in [0.1, 0.15) is 46.5 Å². The Hall–Kier alpha value is 0.310. The van der Waals surface area contributed by atoms with Crippen molar-refractivity contribution in [3.05, 3.63) is 0 Å². The fourth-order valence-electron chi connectivity index (χ4n) is 0.937. The maximum absolute atomic E-state index is 9.20. The average molecular weight is 190 g/mol. The van der Waals surface area contributed by atoms with Crippen LogP contribution in [0.25, 0.3) is 0 Å². The van der Waals surface area contributed by atoms with Crippen molar-refractivity contribution in [2.75, 3.05) is 5.75 Å². The Morgan fingerprint density at radius 2 is 1.83 bits per heavy atom. The summed E-state index contributed by atoms with van der Waals surface area (Å²) in [6, 6.07) is 0. The second-order valence-corrected chi connectivity index (χ2v) is 4.86. The van der Waals surface area contributed by atoms with Crippen molar-refractivity contribution in [1.82, 2.24) is 0 Å². The van der Waals surface area contributed by atoms with Gasteiger partial charge in [0, 0.05) is 5.25 Å². The predicted octanol–water partition coefficient (Wildman–Crippen LogP) is 3.07. The molecule has 0 radical (unpaired) electrons. The smallest absolute Gasteiger partial charge is 0.0627 e. The maximum Gasteiger partial charge on any atom is 0.0627 e. The van der Waals surface area contributed by atoms with Crippen molar-refractivity contribution in [2.45, 2.75) is 57.8 Å². The van der Waals surface area contributed by atoms with E-state index in [4.69, 9.17) is 0 Å². The summed E-state index contributed by atoms with van der Waals surface area (Å²) in [4.78, 5) is 0. The van der Waals surface area contributed by atoms with Gasteiger partial charge in [-0.15, -0.1) is 0 Å². The average Bonchev–Trinajstić information content (AvgIpc) is 2.03. The molecule has 0 aromatic heterocycles. The third-order valence-corrected chi connectivity index (χ3v) is 3.50. The lowest BCUT2D eigenvalue weighted by Crippen LogP contribution is -2.15. The van der Waals surface area contributed by atoms with Gasteiger partial charge in [0.25, 0.3) is 0 Å². The minimum absolute atomic E-state index is 0.166. The lowest BCUT2D eigenvalue weighted by atomic mass is 10.2. The summed E-state index contributed by atoms with van der Waals surface area (Å²) in [5.74, 6) is 1.20. The minimum atomic E-state index is -0.166. The minimum Gasteiger partial charge on any atom is -0.392 e. The number of unbranched alkanes of at least 4 members (excludes halogenated alkanes) is 3. The van der Waals surface area contributed by atoms with E-state index in [1.165, 1.54) is 31.4 Å². The fraction of sp³-hybridized carbons (Fsp3) is 1.00. The van der Waals surface area contributed by atoms with Gasteiger partial charge in [-0.2, -0.15) is 11.8 Å². The number of aliphatic hydroxyl groups excluding tert-OH is 1. The first-order valence-corrected chi connectivity index (χ1v) is 6.03. The van der Waals surface area contributed by atoms with Crippen LogP contribution < -0.4 is 0 Å². The lowest BCUT2D eigenvalue weighted by molar-refractivity contribution is 0.196. The molecule has 2 unspecified atom stereocenters. The van der Waals surface area contributed by atoms with E-state index in [0.29, 0.717) is 5.25 Å². The summed E-state index contributed by atoms with van der Waals surface area (Å²) in [7, 11) is 0. The van der Waals surface area contributed by atoms with Gasteiger partial charge in [0.2, 0.25) is 0 Å². The molecule has 0 amide bonds. The molecular weight excluding hydrogens is 168 g/mol.